The first kappa shape index (κ1) is 22.1. The molecular formula is C26H37N3O2. The van der Waals surface area contributed by atoms with E-state index in [4.69, 9.17) is 9.47 Å². The van der Waals surface area contributed by atoms with Crippen molar-refractivity contribution in [2.75, 3.05) is 31.2 Å². The van der Waals surface area contributed by atoms with E-state index < -0.39 is 0 Å². The van der Waals surface area contributed by atoms with Gasteiger partial charge < -0.3 is 19.7 Å². The predicted octanol–water partition coefficient (Wildman–Crippen LogP) is 4.96. The molecule has 2 aromatic rings. The number of nitrogens with zero attached hydrogens (tertiary/aromatic N) is 2. The second-order valence-corrected chi connectivity index (χ2v) is 8.86. The summed E-state index contributed by atoms with van der Waals surface area (Å²) >= 11 is 0. The highest BCUT2D eigenvalue weighted by Crippen LogP contribution is 2.29. The number of ether oxygens (including phenoxy) is 2. The summed E-state index contributed by atoms with van der Waals surface area (Å²) in [5.74, 6) is 0.893. The molecule has 2 unspecified atom stereocenters. The minimum atomic E-state index is 0.482. The number of hydrogen-bond donors (Lipinski definition) is 1. The maximum atomic E-state index is 6.05. The number of benzene rings is 1. The monoisotopic (exact) mass is 423 g/mol. The third-order valence-corrected chi connectivity index (χ3v) is 6.46. The lowest BCUT2D eigenvalue weighted by Gasteiger charge is -2.37. The highest BCUT2D eigenvalue weighted by Gasteiger charge is 2.23. The normalized spacial score (nSPS) is 21.4. The van der Waals surface area contributed by atoms with Crippen molar-refractivity contribution in [2.24, 2.45) is 0 Å². The fourth-order valence-corrected chi connectivity index (χ4v) is 4.73. The predicted molar refractivity (Wildman–Crippen MR) is 126 cm³/mol. The van der Waals surface area contributed by atoms with Gasteiger partial charge in [-0.3, -0.25) is 4.98 Å². The first-order chi connectivity index (χ1) is 15.4. The Bertz CT molecular complexity index is 764. The molecule has 5 nitrogen and oxygen atoms in total. The van der Waals surface area contributed by atoms with E-state index in [9.17, 15) is 0 Å². The van der Waals surface area contributed by atoms with Crippen LogP contribution in [-0.2, 0) is 11.3 Å². The van der Waals surface area contributed by atoms with Crippen LogP contribution in [0.25, 0.3) is 0 Å². The molecule has 0 aliphatic carbocycles. The molecule has 0 saturated carbocycles. The molecule has 1 N–H and O–H groups in total. The lowest BCUT2D eigenvalue weighted by atomic mass is 9.96. The zero-order chi connectivity index (χ0) is 21.1. The van der Waals surface area contributed by atoms with Gasteiger partial charge in [-0.25, -0.2) is 0 Å². The van der Waals surface area contributed by atoms with Crippen molar-refractivity contribution in [3.63, 3.8) is 0 Å². The summed E-state index contributed by atoms with van der Waals surface area (Å²) in [5.41, 5.74) is 2.46. The Morgan fingerprint density at radius 3 is 2.84 bits per heavy atom. The summed E-state index contributed by atoms with van der Waals surface area (Å²) in [6.45, 7) is 4.51. The van der Waals surface area contributed by atoms with Gasteiger partial charge in [0.25, 0.3) is 0 Å². The highest BCUT2D eigenvalue weighted by atomic mass is 16.5. The van der Waals surface area contributed by atoms with Crippen LogP contribution in [0, 0.1) is 0 Å². The number of aromatic nitrogens is 1. The van der Waals surface area contributed by atoms with Crippen LogP contribution in [0.15, 0.2) is 48.8 Å². The number of pyridine rings is 1. The Kier molecular flexibility index (Phi) is 8.60. The number of hydrogen-bond acceptors (Lipinski definition) is 5. The summed E-state index contributed by atoms with van der Waals surface area (Å²) in [5, 5.41) is 3.49. The molecule has 2 aliphatic heterocycles. The summed E-state index contributed by atoms with van der Waals surface area (Å²) in [7, 11) is 0. The summed E-state index contributed by atoms with van der Waals surface area (Å²) in [4.78, 5) is 7.04. The molecule has 1 aromatic heterocycles. The Morgan fingerprint density at radius 2 is 1.97 bits per heavy atom. The Balaban J connectivity index is 1.22. The summed E-state index contributed by atoms with van der Waals surface area (Å²) in [6, 6.07) is 13.7. The van der Waals surface area contributed by atoms with Crippen LogP contribution >= 0.6 is 0 Å². The van der Waals surface area contributed by atoms with Crippen LogP contribution < -0.4 is 15.0 Å². The minimum absolute atomic E-state index is 0.482. The quantitative estimate of drug-likeness (QED) is 0.518. The number of unbranched alkanes of at least 4 members (excludes halogenated alkanes) is 1. The van der Waals surface area contributed by atoms with Gasteiger partial charge in [-0.2, -0.15) is 0 Å². The highest BCUT2D eigenvalue weighted by molar-refractivity contribution is 5.49. The third kappa shape index (κ3) is 6.94. The number of rotatable bonds is 11. The van der Waals surface area contributed by atoms with Gasteiger partial charge in [0.15, 0.2) is 0 Å². The summed E-state index contributed by atoms with van der Waals surface area (Å²) in [6.07, 6.45) is 13.7. The van der Waals surface area contributed by atoms with Crippen LogP contribution in [0.2, 0.25) is 0 Å². The molecule has 5 heteroatoms. The van der Waals surface area contributed by atoms with E-state index in [0.717, 1.165) is 38.5 Å². The van der Waals surface area contributed by atoms with Crippen molar-refractivity contribution in [2.45, 2.75) is 70.1 Å². The van der Waals surface area contributed by atoms with Crippen LogP contribution in [0.4, 0.5) is 5.69 Å². The van der Waals surface area contributed by atoms with Crippen molar-refractivity contribution in [1.82, 2.24) is 10.3 Å². The van der Waals surface area contributed by atoms with Crippen molar-refractivity contribution in [1.29, 1.82) is 0 Å². The molecule has 0 radical (unpaired) electrons. The zero-order valence-corrected chi connectivity index (χ0v) is 18.7. The molecular weight excluding hydrogens is 386 g/mol. The van der Waals surface area contributed by atoms with Crippen LogP contribution in [0.3, 0.4) is 0 Å². The molecule has 31 heavy (non-hydrogen) atoms. The third-order valence-electron chi connectivity index (χ3n) is 6.46. The van der Waals surface area contributed by atoms with Crippen molar-refractivity contribution in [3.8, 4) is 5.75 Å². The smallest absolute Gasteiger partial charge is 0.139 e. The molecule has 2 saturated heterocycles. The standard InChI is InChI=1S/C26H37N3O2/c1-2-9-22(10-3-1)20-30-16-7-5-13-24-12-4-6-15-29(24)25-17-26(19-27-18-25)31-21-23-11-8-14-28-23/h1-3,9-10,17-19,23-24,28H,4-8,11-16,20-21H2. The Morgan fingerprint density at radius 1 is 1.03 bits per heavy atom. The number of piperidine rings is 1. The fourth-order valence-electron chi connectivity index (χ4n) is 4.73. The molecule has 2 aliphatic rings. The van der Waals surface area contributed by atoms with E-state index in [1.54, 1.807) is 0 Å². The van der Waals surface area contributed by atoms with Gasteiger partial charge in [0.1, 0.15) is 12.4 Å². The lowest BCUT2D eigenvalue weighted by Crippen LogP contribution is -2.39. The molecule has 4 rings (SSSR count). The molecule has 1 aromatic carbocycles. The van der Waals surface area contributed by atoms with E-state index in [1.165, 1.54) is 56.2 Å². The minimum Gasteiger partial charge on any atom is -0.490 e. The number of nitrogens with one attached hydrogen (secondary N) is 1. The van der Waals surface area contributed by atoms with E-state index in [-0.39, 0.29) is 0 Å². The average molecular weight is 424 g/mol. The maximum absolute atomic E-state index is 6.05. The van der Waals surface area contributed by atoms with Crippen molar-refractivity contribution >= 4 is 5.69 Å². The molecule has 2 atom stereocenters. The maximum Gasteiger partial charge on any atom is 0.139 e. The molecule has 168 valence electrons. The van der Waals surface area contributed by atoms with Crippen molar-refractivity contribution < 1.29 is 9.47 Å². The first-order valence-corrected chi connectivity index (χ1v) is 12.1. The molecule has 0 spiro atoms. The lowest BCUT2D eigenvalue weighted by molar-refractivity contribution is 0.116. The summed E-state index contributed by atoms with van der Waals surface area (Å²) < 4.78 is 11.9. The second-order valence-electron chi connectivity index (χ2n) is 8.86. The second kappa shape index (κ2) is 12.1. The van der Waals surface area contributed by atoms with Gasteiger partial charge in [-0.05, 0) is 63.5 Å². The SMILES string of the molecule is c1ccc(COCCCCC2CCCCN2c2cncc(OCC3CCCN3)c2)cc1. The van der Waals surface area contributed by atoms with E-state index >= 15 is 0 Å². The van der Waals surface area contributed by atoms with Gasteiger partial charge in [0.05, 0.1) is 24.7 Å². The Hall–Kier alpha value is -2.11. The molecule has 3 heterocycles. The van der Waals surface area contributed by atoms with Gasteiger partial charge in [0, 0.05) is 31.3 Å². The van der Waals surface area contributed by atoms with Gasteiger partial charge in [-0.1, -0.05) is 30.3 Å². The Labute approximate surface area is 187 Å². The van der Waals surface area contributed by atoms with E-state index in [1.807, 2.05) is 18.5 Å². The molecule has 2 fully saturated rings. The van der Waals surface area contributed by atoms with E-state index in [0.29, 0.717) is 18.7 Å². The number of anilines is 1. The van der Waals surface area contributed by atoms with Gasteiger partial charge in [-0.15, -0.1) is 0 Å². The average Bonchev–Trinajstić information content (AvgIpc) is 3.35. The van der Waals surface area contributed by atoms with Gasteiger partial charge in [0.2, 0.25) is 0 Å². The van der Waals surface area contributed by atoms with E-state index in [2.05, 4.69) is 45.5 Å². The van der Waals surface area contributed by atoms with Gasteiger partial charge >= 0.3 is 0 Å². The topological polar surface area (TPSA) is 46.6 Å². The van der Waals surface area contributed by atoms with Crippen molar-refractivity contribution in [3.05, 3.63) is 54.4 Å². The van der Waals surface area contributed by atoms with Crippen LogP contribution in [-0.4, -0.2) is 43.4 Å². The molecule has 0 bridgehead atoms. The first-order valence-electron chi connectivity index (χ1n) is 12.1. The molecule has 0 amide bonds. The largest absolute Gasteiger partial charge is 0.490 e. The van der Waals surface area contributed by atoms with Crippen LogP contribution in [0.5, 0.6) is 5.75 Å². The van der Waals surface area contributed by atoms with Crippen LogP contribution in [0.1, 0.15) is 56.9 Å². The zero-order valence-electron chi connectivity index (χ0n) is 18.7. The fraction of sp³-hybridized carbons (Fsp3) is 0.577.